The van der Waals surface area contributed by atoms with Gasteiger partial charge in [0.2, 0.25) is 0 Å². The molecule has 0 saturated heterocycles. The number of pyridine rings is 1. The molecule has 1 aliphatic heterocycles. The molecule has 1 aromatic heterocycles. The van der Waals surface area contributed by atoms with Crippen LogP contribution in [0.3, 0.4) is 0 Å². The van der Waals surface area contributed by atoms with Crippen molar-refractivity contribution >= 4 is 51.7 Å². The summed E-state index contributed by atoms with van der Waals surface area (Å²) in [6.07, 6.45) is 0.639. The third kappa shape index (κ3) is 4.32. The Morgan fingerprint density at radius 1 is 1.13 bits per heavy atom. The highest BCUT2D eigenvalue weighted by Gasteiger charge is 2.20. The van der Waals surface area contributed by atoms with Crippen molar-refractivity contribution in [2.45, 2.75) is 12.5 Å². The number of aliphatic imine (C=N–C) groups is 1. The van der Waals surface area contributed by atoms with Crippen molar-refractivity contribution in [3.05, 3.63) is 62.9 Å². The molecule has 0 saturated carbocycles. The summed E-state index contributed by atoms with van der Waals surface area (Å²) in [7, 11) is 0. The molecular formula is C16H14Cl3N3S. The lowest BCUT2D eigenvalue weighted by atomic mass is 10.0. The Kier molecular flexibility index (Phi) is 5.70. The lowest BCUT2D eigenvalue weighted by molar-refractivity contribution is 0.638. The second-order valence-corrected chi connectivity index (χ2v) is 7.29. The Morgan fingerprint density at radius 3 is 2.70 bits per heavy atom. The second-order valence-electron chi connectivity index (χ2n) is 5.03. The molecule has 1 aromatic carbocycles. The van der Waals surface area contributed by atoms with E-state index in [4.69, 9.17) is 34.8 Å². The van der Waals surface area contributed by atoms with E-state index in [9.17, 15) is 0 Å². The summed E-state index contributed by atoms with van der Waals surface area (Å²) in [5.41, 5.74) is 1.81. The molecule has 0 radical (unpaired) electrons. The van der Waals surface area contributed by atoms with Crippen LogP contribution in [0.5, 0.6) is 0 Å². The monoisotopic (exact) mass is 385 g/mol. The number of nitrogens with zero attached hydrogens (tertiary/aromatic N) is 2. The molecule has 120 valence electrons. The van der Waals surface area contributed by atoms with Crippen molar-refractivity contribution in [1.82, 2.24) is 10.3 Å². The third-order valence-electron chi connectivity index (χ3n) is 3.43. The number of hydrogen-bond acceptors (Lipinski definition) is 4. The molecule has 0 fully saturated rings. The Bertz CT molecular complexity index is 736. The highest BCUT2D eigenvalue weighted by atomic mass is 35.5. The first-order valence-electron chi connectivity index (χ1n) is 7.12. The Balaban J connectivity index is 1.91. The standard InChI is InChI=1S/C16H14Cl3N3S/c17-12-5-2-4-11(15(12)19)13(22-16-20-7-8-23-16)9-10-3-1-6-14(18)21-10/h1-6,13H,7-9H2,(H,20,22). The van der Waals surface area contributed by atoms with Crippen molar-refractivity contribution in [2.75, 3.05) is 12.3 Å². The summed E-state index contributed by atoms with van der Waals surface area (Å²) < 4.78 is 0. The fraction of sp³-hybridized carbons (Fsp3) is 0.250. The van der Waals surface area contributed by atoms with Gasteiger partial charge in [-0.1, -0.05) is 64.8 Å². The topological polar surface area (TPSA) is 37.3 Å². The van der Waals surface area contributed by atoms with E-state index in [1.165, 1.54) is 0 Å². The summed E-state index contributed by atoms with van der Waals surface area (Å²) >= 11 is 20.3. The second kappa shape index (κ2) is 7.75. The van der Waals surface area contributed by atoms with Gasteiger partial charge in [0.1, 0.15) is 5.15 Å². The smallest absolute Gasteiger partial charge is 0.157 e. The number of benzene rings is 1. The number of aromatic nitrogens is 1. The number of rotatable bonds is 4. The van der Waals surface area contributed by atoms with Gasteiger partial charge in [0.15, 0.2) is 5.17 Å². The quantitative estimate of drug-likeness (QED) is 0.750. The zero-order valence-electron chi connectivity index (χ0n) is 12.1. The van der Waals surface area contributed by atoms with Crippen molar-refractivity contribution in [3.8, 4) is 0 Å². The lowest BCUT2D eigenvalue weighted by Gasteiger charge is -2.21. The van der Waals surface area contributed by atoms with E-state index in [1.807, 2.05) is 24.3 Å². The zero-order valence-corrected chi connectivity index (χ0v) is 15.2. The van der Waals surface area contributed by atoms with Crippen molar-refractivity contribution < 1.29 is 0 Å². The summed E-state index contributed by atoms with van der Waals surface area (Å²) in [6.45, 7) is 0.832. The maximum Gasteiger partial charge on any atom is 0.157 e. The largest absolute Gasteiger partial charge is 0.358 e. The Hall–Kier alpha value is -0.940. The van der Waals surface area contributed by atoms with Gasteiger partial charge in [-0.3, -0.25) is 4.99 Å². The maximum absolute atomic E-state index is 6.41. The minimum Gasteiger partial charge on any atom is -0.358 e. The minimum absolute atomic E-state index is 0.0727. The highest BCUT2D eigenvalue weighted by molar-refractivity contribution is 8.14. The Labute approximate surface area is 154 Å². The van der Waals surface area contributed by atoms with Crippen LogP contribution in [-0.2, 0) is 6.42 Å². The zero-order chi connectivity index (χ0) is 16.2. The number of thioether (sulfide) groups is 1. The van der Waals surface area contributed by atoms with Gasteiger partial charge in [-0.15, -0.1) is 0 Å². The predicted octanol–water partition coefficient (Wildman–Crippen LogP) is 5.02. The first-order valence-corrected chi connectivity index (χ1v) is 9.24. The van der Waals surface area contributed by atoms with Gasteiger partial charge in [-0.05, 0) is 23.8 Å². The normalized spacial score (nSPS) is 15.3. The van der Waals surface area contributed by atoms with Gasteiger partial charge < -0.3 is 5.32 Å². The maximum atomic E-state index is 6.41. The molecule has 1 aliphatic rings. The fourth-order valence-corrected chi connectivity index (χ4v) is 3.78. The number of nitrogens with one attached hydrogen (secondary N) is 1. The molecular weight excluding hydrogens is 373 g/mol. The molecule has 2 aromatic rings. The van der Waals surface area contributed by atoms with Gasteiger partial charge in [0.05, 0.1) is 22.6 Å². The van der Waals surface area contributed by atoms with E-state index in [2.05, 4.69) is 15.3 Å². The minimum atomic E-state index is -0.0727. The van der Waals surface area contributed by atoms with Gasteiger partial charge >= 0.3 is 0 Å². The van der Waals surface area contributed by atoms with Crippen LogP contribution < -0.4 is 5.32 Å². The molecule has 1 N–H and O–H groups in total. The predicted molar refractivity (Wildman–Crippen MR) is 100 cm³/mol. The number of hydrogen-bond donors (Lipinski definition) is 1. The number of amidine groups is 1. The van der Waals surface area contributed by atoms with Crippen LogP contribution in [-0.4, -0.2) is 22.4 Å². The van der Waals surface area contributed by atoms with E-state index in [1.54, 1.807) is 23.9 Å². The van der Waals surface area contributed by atoms with E-state index in [-0.39, 0.29) is 6.04 Å². The van der Waals surface area contributed by atoms with Crippen molar-refractivity contribution in [2.24, 2.45) is 4.99 Å². The molecule has 3 nitrogen and oxygen atoms in total. The molecule has 7 heteroatoms. The Morgan fingerprint density at radius 2 is 1.96 bits per heavy atom. The summed E-state index contributed by atoms with van der Waals surface area (Å²) in [5, 5.41) is 5.95. The van der Waals surface area contributed by atoms with Crippen LogP contribution in [0.15, 0.2) is 41.4 Å². The van der Waals surface area contributed by atoms with Crippen LogP contribution in [0, 0.1) is 0 Å². The van der Waals surface area contributed by atoms with E-state index in [0.29, 0.717) is 21.6 Å². The lowest BCUT2D eigenvalue weighted by Crippen LogP contribution is -2.27. The molecule has 1 unspecified atom stereocenters. The fourth-order valence-electron chi connectivity index (χ4n) is 2.37. The molecule has 0 bridgehead atoms. The SMILES string of the molecule is Clc1cccc(CC(NC2=NCCS2)c2cccc(Cl)c2Cl)n1. The molecule has 0 spiro atoms. The van der Waals surface area contributed by atoms with Crippen LogP contribution >= 0.6 is 46.6 Å². The van der Waals surface area contributed by atoms with E-state index >= 15 is 0 Å². The molecule has 3 rings (SSSR count). The van der Waals surface area contributed by atoms with Crippen LogP contribution in [0.4, 0.5) is 0 Å². The van der Waals surface area contributed by atoms with Crippen LogP contribution in [0.1, 0.15) is 17.3 Å². The third-order valence-corrected chi connectivity index (χ3v) is 5.38. The molecule has 2 heterocycles. The molecule has 0 amide bonds. The molecule has 1 atom stereocenters. The van der Waals surface area contributed by atoms with Crippen molar-refractivity contribution in [1.29, 1.82) is 0 Å². The highest BCUT2D eigenvalue weighted by Crippen LogP contribution is 2.32. The van der Waals surface area contributed by atoms with E-state index < -0.39 is 0 Å². The summed E-state index contributed by atoms with van der Waals surface area (Å²) in [5.74, 6) is 0.994. The van der Waals surface area contributed by atoms with Gasteiger partial charge in [0, 0.05) is 17.9 Å². The van der Waals surface area contributed by atoms with Gasteiger partial charge in [0.25, 0.3) is 0 Å². The molecule has 23 heavy (non-hydrogen) atoms. The van der Waals surface area contributed by atoms with E-state index in [0.717, 1.165) is 28.7 Å². The van der Waals surface area contributed by atoms with Gasteiger partial charge in [-0.25, -0.2) is 4.98 Å². The van der Waals surface area contributed by atoms with Gasteiger partial charge in [-0.2, -0.15) is 0 Å². The first kappa shape index (κ1) is 16.9. The average Bonchev–Trinajstić information content (AvgIpc) is 3.02. The van der Waals surface area contributed by atoms with Crippen molar-refractivity contribution in [3.63, 3.8) is 0 Å². The average molecular weight is 387 g/mol. The number of halogens is 3. The summed E-state index contributed by atoms with van der Waals surface area (Å²) in [4.78, 5) is 8.83. The van der Waals surface area contributed by atoms with Crippen LogP contribution in [0.25, 0.3) is 0 Å². The molecule has 0 aliphatic carbocycles. The summed E-state index contributed by atoms with van der Waals surface area (Å²) in [6, 6.07) is 11.2. The van der Waals surface area contributed by atoms with Crippen LogP contribution in [0.2, 0.25) is 15.2 Å². The first-order chi connectivity index (χ1) is 11.1.